The van der Waals surface area contributed by atoms with Gasteiger partial charge in [-0.2, -0.15) is 0 Å². The van der Waals surface area contributed by atoms with E-state index in [0.29, 0.717) is 0 Å². The Morgan fingerprint density at radius 2 is 1.88 bits per heavy atom. The van der Waals surface area contributed by atoms with Crippen molar-refractivity contribution in [3.63, 3.8) is 0 Å². The van der Waals surface area contributed by atoms with Crippen LogP contribution in [0.5, 0.6) is 0 Å². The Morgan fingerprint density at radius 1 is 1.24 bits per heavy atom. The number of unbranched alkanes of at least 4 members (excludes halogenated alkanes) is 1. The summed E-state index contributed by atoms with van der Waals surface area (Å²) in [5.41, 5.74) is 6.76. The number of hydrogen-bond donors (Lipinski definition) is 2. The van der Waals surface area contributed by atoms with Gasteiger partial charge in [0.2, 0.25) is 0 Å². The van der Waals surface area contributed by atoms with Gasteiger partial charge in [-0.1, -0.05) is 24.1 Å². The fraction of sp³-hybridized carbons (Fsp3) is 0.571. The van der Waals surface area contributed by atoms with Gasteiger partial charge in [0, 0.05) is 10.4 Å². The van der Waals surface area contributed by atoms with Gasteiger partial charge in [0.15, 0.2) is 0 Å². The van der Waals surface area contributed by atoms with E-state index in [9.17, 15) is 0 Å². The summed E-state index contributed by atoms with van der Waals surface area (Å²) < 4.78 is 0. The zero-order chi connectivity index (χ0) is 12.7. The standard InChI is InChI=1S/C14H23NOS/c1-12-5-7-13(8-6-12)17-10-4-3-9-14(2,15)11-16/h5-8,16H,3-4,9-11,15H2,1-2H3. The second kappa shape index (κ2) is 7.04. The van der Waals surface area contributed by atoms with Gasteiger partial charge in [0.05, 0.1) is 6.61 Å². The highest BCUT2D eigenvalue weighted by atomic mass is 32.2. The molecule has 0 fully saturated rings. The molecule has 3 heteroatoms. The summed E-state index contributed by atoms with van der Waals surface area (Å²) in [5.74, 6) is 1.12. The molecule has 1 aromatic carbocycles. The molecular weight excluding hydrogens is 230 g/mol. The van der Waals surface area contributed by atoms with Crippen molar-refractivity contribution in [2.75, 3.05) is 12.4 Å². The molecule has 1 unspecified atom stereocenters. The molecule has 0 aromatic heterocycles. The Kier molecular flexibility index (Phi) is 6.03. The van der Waals surface area contributed by atoms with Gasteiger partial charge in [-0.15, -0.1) is 11.8 Å². The minimum absolute atomic E-state index is 0.0676. The van der Waals surface area contributed by atoms with Crippen molar-refractivity contribution in [3.8, 4) is 0 Å². The highest BCUT2D eigenvalue weighted by Gasteiger charge is 2.15. The lowest BCUT2D eigenvalue weighted by Crippen LogP contribution is -2.39. The predicted molar refractivity (Wildman–Crippen MR) is 75.4 cm³/mol. The molecule has 0 aliphatic carbocycles. The van der Waals surface area contributed by atoms with Gasteiger partial charge in [0.1, 0.15) is 0 Å². The lowest BCUT2D eigenvalue weighted by Gasteiger charge is -2.21. The third-order valence-electron chi connectivity index (χ3n) is 2.79. The molecular formula is C14H23NOS. The van der Waals surface area contributed by atoms with Crippen LogP contribution in [-0.2, 0) is 0 Å². The zero-order valence-electron chi connectivity index (χ0n) is 10.8. The van der Waals surface area contributed by atoms with Crippen LogP contribution in [0.15, 0.2) is 29.2 Å². The van der Waals surface area contributed by atoms with Crippen LogP contribution in [0, 0.1) is 6.92 Å². The van der Waals surface area contributed by atoms with E-state index < -0.39 is 5.54 Å². The van der Waals surface area contributed by atoms with Crippen LogP contribution in [0.25, 0.3) is 0 Å². The number of nitrogens with two attached hydrogens (primary N) is 1. The van der Waals surface area contributed by atoms with Crippen LogP contribution < -0.4 is 5.73 Å². The van der Waals surface area contributed by atoms with Crippen LogP contribution in [0.1, 0.15) is 31.7 Å². The molecule has 3 N–H and O–H groups in total. The second-order valence-corrected chi connectivity index (χ2v) is 6.10. The Hall–Kier alpha value is -0.510. The van der Waals surface area contributed by atoms with Crippen LogP contribution in [-0.4, -0.2) is 23.0 Å². The molecule has 0 radical (unpaired) electrons. The zero-order valence-corrected chi connectivity index (χ0v) is 11.6. The smallest absolute Gasteiger partial charge is 0.0608 e. The summed E-state index contributed by atoms with van der Waals surface area (Å²) in [6, 6.07) is 8.62. The average molecular weight is 253 g/mol. The van der Waals surface area contributed by atoms with Gasteiger partial charge in [-0.25, -0.2) is 0 Å². The normalized spacial score (nSPS) is 14.6. The fourth-order valence-corrected chi connectivity index (χ4v) is 2.45. The second-order valence-electron chi connectivity index (χ2n) is 4.93. The molecule has 0 aliphatic rings. The number of thioether (sulfide) groups is 1. The van der Waals surface area contributed by atoms with E-state index in [1.54, 1.807) is 0 Å². The Labute approximate surface area is 109 Å². The highest BCUT2D eigenvalue weighted by molar-refractivity contribution is 7.99. The average Bonchev–Trinajstić information content (AvgIpc) is 2.31. The van der Waals surface area contributed by atoms with Crippen molar-refractivity contribution >= 4 is 11.8 Å². The van der Waals surface area contributed by atoms with Crippen molar-refractivity contribution in [3.05, 3.63) is 29.8 Å². The molecule has 0 bridgehead atoms. The number of aliphatic hydroxyl groups excluding tert-OH is 1. The van der Waals surface area contributed by atoms with Crippen molar-refractivity contribution in [1.82, 2.24) is 0 Å². The third kappa shape index (κ3) is 6.10. The molecule has 96 valence electrons. The quantitative estimate of drug-likeness (QED) is 0.580. The first kappa shape index (κ1) is 14.6. The van der Waals surface area contributed by atoms with E-state index >= 15 is 0 Å². The van der Waals surface area contributed by atoms with Crippen LogP contribution in [0.4, 0.5) is 0 Å². The van der Waals surface area contributed by atoms with Gasteiger partial charge in [-0.05, 0) is 44.6 Å². The molecule has 0 heterocycles. The maximum atomic E-state index is 9.02. The van der Waals surface area contributed by atoms with Crippen molar-refractivity contribution < 1.29 is 5.11 Å². The summed E-state index contributed by atoms with van der Waals surface area (Å²) in [5, 5.41) is 9.02. The lowest BCUT2D eigenvalue weighted by atomic mass is 9.98. The topological polar surface area (TPSA) is 46.2 Å². The monoisotopic (exact) mass is 253 g/mol. The number of rotatable bonds is 7. The molecule has 0 saturated heterocycles. The number of aliphatic hydroxyl groups is 1. The Bertz CT molecular complexity index is 321. The number of aryl methyl sites for hydroxylation is 1. The summed E-state index contributed by atoms with van der Waals surface area (Å²) in [6.07, 6.45) is 3.11. The SMILES string of the molecule is Cc1ccc(SCCCCC(C)(N)CO)cc1. The predicted octanol–water partition coefficient (Wildman–Crippen LogP) is 2.97. The summed E-state index contributed by atoms with van der Waals surface area (Å²) in [7, 11) is 0. The lowest BCUT2D eigenvalue weighted by molar-refractivity contribution is 0.198. The van der Waals surface area contributed by atoms with Gasteiger partial charge in [0.25, 0.3) is 0 Å². The first-order valence-electron chi connectivity index (χ1n) is 6.13. The van der Waals surface area contributed by atoms with E-state index in [1.165, 1.54) is 10.5 Å². The van der Waals surface area contributed by atoms with E-state index in [0.717, 1.165) is 25.0 Å². The minimum atomic E-state index is -0.408. The highest BCUT2D eigenvalue weighted by Crippen LogP contribution is 2.20. The minimum Gasteiger partial charge on any atom is -0.394 e. The van der Waals surface area contributed by atoms with Gasteiger partial charge < -0.3 is 10.8 Å². The molecule has 0 spiro atoms. The largest absolute Gasteiger partial charge is 0.394 e. The first-order valence-corrected chi connectivity index (χ1v) is 7.11. The fourth-order valence-electron chi connectivity index (χ4n) is 1.53. The van der Waals surface area contributed by atoms with Crippen LogP contribution >= 0.6 is 11.8 Å². The summed E-state index contributed by atoms with van der Waals surface area (Å²) in [4.78, 5) is 1.33. The van der Waals surface area contributed by atoms with Crippen LogP contribution in [0.2, 0.25) is 0 Å². The Balaban J connectivity index is 2.14. The molecule has 1 aromatic rings. The molecule has 2 nitrogen and oxygen atoms in total. The first-order chi connectivity index (χ1) is 8.03. The Morgan fingerprint density at radius 3 is 2.47 bits per heavy atom. The van der Waals surface area contributed by atoms with E-state index in [-0.39, 0.29) is 6.61 Å². The molecule has 1 rings (SSSR count). The molecule has 1 atom stereocenters. The third-order valence-corrected chi connectivity index (χ3v) is 3.89. The molecule has 0 amide bonds. The van der Waals surface area contributed by atoms with Crippen molar-refractivity contribution in [1.29, 1.82) is 0 Å². The van der Waals surface area contributed by atoms with Gasteiger partial charge in [-0.3, -0.25) is 0 Å². The van der Waals surface area contributed by atoms with E-state index in [4.69, 9.17) is 10.8 Å². The van der Waals surface area contributed by atoms with Crippen molar-refractivity contribution in [2.24, 2.45) is 5.73 Å². The maximum Gasteiger partial charge on any atom is 0.0608 e. The van der Waals surface area contributed by atoms with E-state index in [2.05, 4.69) is 31.2 Å². The summed E-state index contributed by atoms with van der Waals surface area (Å²) in [6.45, 7) is 4.07. The van der Waals surface area contributed by atoms with Crippen LogP contribution in [0.3, 0.4) is 0 Å². The number of benzene rings is 1. The maximum absolute atomic E-state index is 9.02. The summed E-state index contributed by atoms with van der Waals surface area (Å²) >= 11 is 1.88. The molecule has 0 saturated carbocycles. The van der Waals surface area contributed by atoms with Crippen molar-refractivity contribution in [2.45, 2.75) is 43.5 Å². The van der Waals surface area contributed by atoms with Gasteiger partial charge >= 0.3 is 0 Å². The number of hydrogen-bond acceptors (Lipinski definition) is 3. The van der Waals surface area contributed by atoms with E-state index in [1.807, 2.05) is 18.7 Å². The molecule has 0 aliphatic heterocycles. The molecule has 17 heavy (non-hydrogen) atoms.